The van der Waals surface area contributed by atoms with E-state index in [4.69, 9.17) is 10.7 Å². The van der Waals surface area contributed by atoms with Crippen molar-refractivity contribution in [2.24, 2.45) is 11.7 Å². The van der Waals surface area contributed by atoms with E-state index in [1.807, 2.05) is 0 Å². The molecule has 0 atom stereocenters. The fourth-order valence-corrected chi connectivity index (χ4v) is 4.92. The summed E-state index contributed by atoms with van der Waals surface area (Å²) >= 11 is 4.97. The molecule has 3 rings (SSSR count). The Kier molecular flexibility index (Phi) is 6.44. The Morgan fingerprint density at radius 3 is 2.88 bits per heavy atom. The molecule has 0 spiro atoms. The monoisotopic (exact) mass is 407 g/mol. The molecule has 138 valence electrons. The van der Waals surface area contributed by atoms with Gasteiger partial charge in [0, 0.05) is 41.5 Å². The van der Waals surface area contributed by atoms with Gasteiger partial charge in [-0.1, -0.05) is 25.6 Å². The number of thiophene rings is 1. The van der Waals surface area contributed by atoms with Crippen LogP contribution in [-0.2, 0) is 23.5 Å². The van der Waals surface area contributed by atoms with Gasteiger partial charge in [0.15, 0.2) is 5.16 Å². The van der Waals surface area contributed by atoms with E-state index in [-0.39, 0.29) is 12.3 Å². The maximum atomic E-state index is 11.1. The van der Waals surface area contributed by atoms with E-state index >= 15 is 0 Å². The van der Waals surface area contributed by atoms with Gasteiger partial charge in [0.2, 0.25) is 5.91 Å². The topological polar surface area (TPSA) is 86.7 Å². The molecular weight excluding hydrogens is 386 g/mol. The summed E-state index contributed by atoms with van der Waals surface area (Å²) in [6, 6.07) is 2.09. The third-order valence-electron chi connectivity index (χ3n) is 3.61. The molecule has 0 aromatic carbocycles. The van der Waals surface area contributed by atoms with E-state index in [0.29, 0.717) is 12.3 Å². The molecule has 2 N–H and O–H groups in total. The van der Waals surface area contributed by atoms with Crippen LogP contribution in [0.25, 0.3) is 10.6 Å². The van der Waals surface area contributed by atoms with E-state index in [1.54, 1.807) is 34.4 Å². The number of amides is 1. The van der Waals surface area contributed by atoms with Crippen molar-refractivity contribution in [3.8, 4) is 10.6 Å². The first-order valence-electron chi connectivity index (χ1n) is 8.33. The van der Waals surface area contributed by atoms with Crippen molar-refractivity contribution in [3.63, 3.8) is 0 Å². The minimum Gasteiger partial charge on any atom is -0.370 e. The van der Waals surface area contributed by atoms with E-state index < -0.39 is 0 Å². The van der Waals surface area contributed by atoms with Crippen LogP contribution >= 0.6 is 34.4 Å². The van der Waals surface area contributed by atoms with Crippen LogP contribution in [0.2, 0.25) is 0 Å². The van der Waals surface area contributed by atoms with Crippen LogP contribution in [0.3, 0.4) is 0 Å². The maximum Gasteiger partial charge on any atom is 0.217 e. The summed E-state index contributed by atoms with van der Waals surface area (Å²) in [4.78, 5) is 15.8. The summed E-state index contributed by atoms with van der Waals surface area (Å²) in [6.07, 6.45) is 0.811. The first-order valence-corrected chi connectivity index (χ1v) is 11.1. The Morgan fingerprint density at radius 1 is 1.35 bits per heavy atom. The first kappa shape index (κ1) is 19.1. The van der Waals surface area contributed by atoms with Gasteiger partial charge in [-0.2, -0.15) is 11.3 Å². The molecule has 0 saturated heterocycles. The quantitative estimate of drug-likeness (QED) is 0.545. The van der Waals surface area contributed by atoms with E-state index in [0.717, 1.165) is 34.0 Å². The minimum atomic E-state index is -0.318. The molecular formula is C17H21N5OS3. The lowest BCUT2D eigenvalue weighted by molar-refractivity contribution is -0.118. The SMILES string of the molecule is CC(C)Cn1c(CCC(N)=O)nnc1SCc1csc(-c2ccsc2)n1. The number of nitrogens with two attached hydrogens (primary N) is 1. The van der Waals surface area contributed by atoms with Crippen LogP contribution in [0.1, 0.15) is 31.8 Å². The largest absolute Gasteiger partial charge is 0.370 e. The standard InChI is InChI=1S/C17H21N5OS3/c1-11(2)7-22-15(4-3-14(18)23)20-21-17(22)26-10-13-9-25-16(19-13)12-5-6-24-8-12/h5-6,8-9,11H,3-4,7,10H2,1-2H3,(H2,18,23). The van der Waals surface area contributed by atoms with E-state index in [9.17, 15) is 4.79 Å². The molecule has 0 saturated carbocycles. The highest BCUT2D eigenvalue weighted by Crippen LogP contribution is 2.29. The summed E-state index contributed by atoms with van der Waals surface area (Å²) in [5.74, 6) is 1.70. The van der Waals surface area contributed by atoms with Crippen LogP contribution < -0.4 is 5.73 Å². The zero-order valence-corrected chi connectivity index (χ0v) is 17.2. The molecule has 0 fully saturated rings. The van der Waals surface area contributed by atoms with Crippen molar-refractivity contribution in [1.29, 1.82) is 0 Å². The zero-order chi connectivity index (χ0) is 18.5. The Balaban J connectivity index is 1.69. The van der Waals surface area contributed by atoms with Gasteiger partial charge in [-0.15, -0.1) is 21.5 Å². The molecule has 0 aliphatic rings. The van der Waals surface area contributed by atoms with Crippen molar-refractivity contribution in [3.05, 3.63) is 33.7 Å². The Labute approximate surface area is 164 Å². The number of nitrogens with zero attached hydrogens (tertiary/aromatic N) is 4. The summed E-state index contributed by atoms with van der Waals surface area (Å²) in [5, 5.41) is 16.8. The smallest absolute Gasteiger partial charge is 0.217 e. The average Bonchev–Trinajstić information content (AvgIpc) is 3.32. The third-order valence-corrected chi connectivity index (χ3v) is 6.23. The van der Waals surface area contributed by atoms with Crippen LogP contribution in [0.4, 0.5) is 0 Å². The molecule has 26 heavy (non-hydrogen) atoms. The lowest BCUT2D eigenvalue weighted by Crippen LogP contribution is -2.15. The molecule has 3 aromatic heterocycles. The molecule has 3 heterocycles. The zero-order valence-electron chi connectivity index (χ0n) is 14.7. The van der Waals surface area contributed by atoms with Crippen molar-refractivity contribution < 1.29 is 4.79 Å². The predicted octanol–water partition coefficient (Wildman–Crippen LogP) is 3.83. The third kappa shape index (κ3) is 4.93. The number of thiazole rings is 1. The summed E-state index contributed by atoms with van der Waals surface area (Å²) < 4.78 is 2.10. The second-order valence-electron chi connectivity index (χ2n) is 6.31. The highest BCUT2D eigenvalue weighted by atomic mass is 32.2. The predicted molar refractivity (Wildman–Crippen MR) is 107 cm³/mol. The van der Waals surface area contributed by atoms with Gasteiger partial charge in [-0.05, 0) is 17.4 Å². The lowest BCUT2D eigenvalue weighted by atomic mass is 10.2. The van der Waals surface area contributed by atoms with Gasteiger partial charge >= 0.3 is 0 Å². The molecule has 0 aliphatic carbocycles. The lowest BCUT2D eigenvalue weighted by Gasteiger charge is -2.11. The van der Waals surface area contributed by atoms with Gasteiger partial charge in [0.25, 0.3) is 0 Å². The molecule has 0 radical (unpaired) electrons. The number of aromatic nitrogens is 4. The summed E-state index contributed by atoms with van der Waals surface area (Å²) in [5.41, 5.74) is 7.48. The van der Waals surface area contributed by atoms with E-state index in [1.165, 1.54) is 5.56 Å². The van der Waals surface area contributed by atoms with Gasteiger partial charge in [-0.3, -0.25) is 4.79 Å². The van der Waals surface area contributed by atoms with E-state index in [2.05, 4.69) is 50.8 Å². The van der Waals surface area contributed by atoms with Crippen LogP contribution in [0.15, 0.2) is 27.4 Å². The average molecular weight is 408 g/mol. The van der Waals surface area contributed by atoms with Gasteiger partial charge in [0.1, 0.15) is 10.8 Å². The number of rotatable bonds is 9. The number of primary amides is 1. The highest BCUT2D eigenvalue weighted by Gasteiger charge is 2.15. The number of hydrogen-bond acceptors (Lipinski definition) is 7. The van der Waals surface area contributed by atoms with Crippen LogP contribution in [0, 0.1) is 5.92 Å². The fraction of sp³-hybridized carbons (Fsp3) is 0.412. The number of carbonyl (C=O) groups excluding carboxylic acids is 1. The fourth-order valence-electron chi connectivity index (χ4n) is 2.42. The van der Waals surface area contributed by atoms with Crippen molar-refractivity contribution in [2.45, 2.75) is 44.1 Å². The van der Waals surface area contributed by atoms with Crippen molar-refractivity contribution in [1.82, 2.24) is 19.7 Å². The van der Waals surface area contributed by atoms with Gasteiger partial charge in [0.05, 0.1) is 5.69 Å². The van der Waals surface area contributed by atoms with Crippen molar-refractivity contribution in [2.75, 3.05) is 0 Å². The molecule has 0 unspecified atom stereocenters. The van der Waals surface area contributed by atoms with Crippen LogP contribution in [0.5, 0.6) is 0 Å². The Hall–Kier alpha value is -1.71. The number of carbonyl (C=O) groups is 1. The Bertz CT molecular complexity index is 854. The van der Waals surface area contributed by atoms with Gasteiger partial charge < -0.3 is 10.3 Å². The molecule has 3 aromatic rings. The Morgan fingerprint density at radius 2 is 2.19 bits per heavy atom. The number of thioether (sulfide) groups is 1. The number of aryl methyl sites for hydroxylation is 1. The van der Waals surface area contributed by atoms with Crippen LogP contribution in [-0.4, -0.2) is 25.7 Å². The molecule has 9 heteroatoms. The molecule has 1 amide bonds. The van der Waals surface area contributed by atoms with Gasteiger partial charge in [-0.25, -0.2) is 4.98 Å². The normalized spacial score (nSPS) is 11.3. The maximum absolute atomic E-state index is 11.1. The first-order chi connectivity index (χ1) is 12.5. The molecule has 6 nitrogen and oxygen atoms in total. The minimum absolute atomic E-state index is 0.289. The second kappa shape index (κ2) is 8.79. The van der Waals surface area contributed by atoms with Crippen molar-refractivity contribution >= 4 is 40.3 Å². The number of hydrogen-bond donors (Lipinski definition) is 1. The highest BCUT2D eigenvalue weighted by molar-refractivity contribution is 7.98. The summed E-state index contributed by atoms with van der Waals surface area (Å²) in [6.45, 7) is 5.13. The summed E-state index contributed by atoms with van der Waals surface area (Å²) in [7, 11) is 0. The molecule has 0 aliphatic heterocycles. The second-order valence-corrected chi connectivity index (χ2v) is 8.89. The molecule has 0 bridgehead atoms.